The quantitative estimate of drug-likeness (QED) is 0.449. The van der Waals surface area contributed by atoms with Crippen LogP contribution in [-0.4, -0.2) is 35.6 Å². The second-order valence-electron chi connectivity index (χ2n) is 7.60. The van der Waals surface area contributed by atoms with Crippen LogP contribution in [0.1, 0.15) is 20.3 Å². The van der Waals surface area contributed by atoms with E-state index in [-0.39, 0.29) is 12.0 Å². The molecule has 3 amide bonds. The zero-order chi connectivity index (χ0) is 22.4. The van der Waals surface area contributed by atoms with E-state index < -0.39 is 24.5 Å². The van der Waals surface area contributed by atoms with Crippen molar-refractivity contribution in [3.05, 3.63) is 58.8 Å². The Morgan fingerprint density at radius 2 is 1.55 bits per heavy atom. The third kappa shape index (κ3) is 5.48. The van der Waals surface area contributed by atoms with Crippen molar-refractivity contribution in [3.63, 3.8) is 0 Å². The molecule has 1 heterocycles. The number of ether oxygens (including phenoxy) is 1. The molecule has 0 spiro atoms. The molecule has 162 valence electrons. The minimum absolute atomic E-state index is 0.112. The lowest BCUT2D eigenvalue weighted by atomic mass is 10.1. The fourth-order valence-corrected chi connectivity index (χ4v) is 3.25. The summed E-state index contributed by atoms with van der Waals surface area (Å²) in [6.45, 7) is 3.74. The molecule has 0 unspecified atom stereocenters. The Kier molecular flexibility index (Phi) is 7.02. The van der Waals surface area contributed by atoms with Crippen LogP contribution in [0, 0.1) is 5.92 Å². The summed E-state index contributed by atoms with van der Waals surface area (Å²) < 4.78 is 6.73. The van der Waals surface area contributed by atoms with Gasteiger partial charge in [-0.2, -0.15) is 0 Å². The van der Waals surface area contributed by atoms with Crippen molar-refractivity contribution in [2.45, 2.75) is 26.8 Å². The Bertz CT molecular complexity index is 1120. The summed E-state index contributed by atoms with van der Waals surface area (Å²) in [5.74, 6) is -0.948. The lowest BCUT2D eigenvalue weighted by molar-refractivity contribution is -0.148. The molecule has 31 heavy (non-hydrogen) atoms. The molecule has 0 aliphatic carbocycles. The van der Waals surface area contributed by atoms with Crippen LogP contribution in [0.15, 0.2) is 53.3 Å². The van der Waals surface area contributed by atoms with Crippen LogP contribution in [-0.2, 0) is 20.9 Å². The van der Waals surface area contributed by atoms with Crippen molar-refractivity contribution in [2.75, 3.05) is 13.2 Å². The van der Waals surface area contributed by atoms with E-state index in [9.17, 15) is 19.2 Å². The number of urea groups is 1. The molecule has 2 aromatic carbocycles. The summed E-state index contributed by atoms with van der Waals surface area (Å²) >= 11 is 0. The molecule has 3 rings (SSSR count). The van der Waals surface area contributed by atoms with Gasteiger partial charge in [-0.25, -0.2) is 4.79 Å². The summed E-state index contributed by atoms with van der Waals surface area (Å²) in [6, 6.07) is 13.4. The zero-order valence-corrected chi connectivity index (χ0v) is 17.5. The second-order valence-corrected chi connectivity index (χ2v) is 7.60. The van der Waals surface area contributed by atoms with E-state index in [1.807, 2.05) is 13.8 Å². The summed E-state index contributed by atoms with van der Waals surface area (Å²) in [5.41, 5.74) is 1.08. The normalized spacial score (nSPS) is 10.9. The maximum absolute atomic E-state index is 12.7. The largest absolute Gasteiger partial charge is 0.454 e. The van der Waals surface area contributed by atoms with Gasteiger partial charge in [-0.3, -0.25) is 19.7 Å². The number of nitrogens with one attached hydrogen (secondary N) is 2. The zero-order valence-electron chi connectivity index (χ0n) is 17.5. The molecule has 0 radical (unpaired) electrons. The van der Waals surface area contributed by atoms with Crippen LogP contribution in [0.3, 0.4) is 0 Å². The standard InChI is InChI=1S/C23H25N3O5/c1-15(2)11-12-24-23(30)25-20(27)14-31-21(28)13-26-18-9-5-3-7-16(18)22(29)17-8-4-6-10-19(17)26/h3-10,15H,11-14H2,1-2H3,(H2,24,25,27,30). The smallest absolute Gasteiger partial charge is 0.326 e. The van der Waals surface area contributed by atoms with Gasteiger partial charge in [-0.1, -0.05) is 38.1 Å². The van der Waals surface area contributed by atoms with Crippen LogP contribution in [0.2, 0.25) is 0 Å². The number of pyridine rings is 1. The maximum Gasteiger partial charge on any atom is 0.326 e. The van der Waals surface area contributed by atoms with E-state index in [0.29, 0.717) is 34.3 Å². The molecule has 0 atom stereocenters. The first-order valence-corrected chi connectivity index (χ1v) is 10.1. The Morgan fingerprint density at radius 3 is 2.13 bits per heavy atom. The minimum atomic E-state index is -0.718. The number of rotatable bonds is 7. The number of carbonyl (C=O) groups excluding carboxylic acids is 3. The second kappa shape index (κ2) is 9.88. The van der Waals surface area contributed by atoms with Crippen molar-refractivity contribution < 1.29 is 19.1 Å². The predicted molar refractivity (Wildman–Crippen MR) is 118 cm³/mol. The van der Waals surface area contributed by atoms with Crippen molar-refractivity contribution in [1.82, 2.24) is 15.2 Å². The molecule has 8 nitrogen and oxygen atoms in total. The number of imide groups is 1. The average molecular weight is 423 g/mol. The summed E-state index contributed by atoms with van der Waals surface area (Å²) in [5, 5.41) is 5.68. The molecule has 8 heteroatoms. The Labute approximate surface area is 179 Å². The number of fused-ring (bicyclic) bond motifs is 2. The first kappa shape index (κ1) is 22.0. The van der Waals surface area contributed by atoms with E-state index >= 15 is 0 Å². The van der Waals surface area contributed by atoms with Gasteiger partial charge in [0.25, 0.3) is 5.91 Å². The summed E-state index contributed by atoms with van der Waals surface area (Å²) in [4.78, 5) is 48.7. The topological polar surface area (TPSA) is 106 Å². The summed E-state index contributed by atoms with van der Waals surface area (Å²) in [6.07, 6.45) is 0.790. The van der Waals surface area contributed by atoms with Crippen LogP contribution in [0.5, 0.6) is 0 Å². The molecule has 0 saturated carbocycles. The lowest BCUT2D eigenvalue weighted by Crippen LogP contribution is -2.42. The Balaban J connectivity index is 1.67. The van der Waals surface area contributed by atoms with E-state index in [1.165, 1.54) is 0 Å². The highest BCUT2D eigenvalue weighted by atomic mass is 16.5. The fraction of sp³-hybridized carbons (Fsp3) is 0.304. The average Bonchev–Trinajstić information content (AvgIpc) is 2.75. The number of amides is 3. The highest BCUT2D eigenvalue weighted by molar-refractivity contribution is 5.96. The predicted octanol–water partition coefficient (Wildman–Crippen LogP) is 2.57. The van der Waals surface area contributed by atoms with E-state index in [4.69, 9.17) is 4.74 Å². The number of esters is 1. The number of aromatic nitrogens is 1. The Morgan fingerprint density at radius 1 is 0.968 bits per heavy atom. The van der Waals surface area contributed by atoms with Gasteiger partial charge in [0.15, 0.2) is 12.0 Å². The van der Waals surface area contributed by atoms with Crippen LogP contribution in [0.4, 0.5) is 4.79 Å². The van der Waals surface area contributed by atoms with E-state index in [2.05, 4.69) is 10.6 Å². The fourth-order valence-electron chi connectivity index (χ4n) is 3.25. The van der Waals surface area contributed by atoms with Gasteiger partial charge < -0.3 is 14.6 Å². The molecule has 0 fully saturated rings. The molecule has 2 N–H and O–H groups in total. The van der Waals surface area contributed by atoms with Crippen molar-refractivity contribution >= 4 is 39.7 Å². The van der Waals surface area contributed by atoms with Crippen LogP contribution >= 0.6 is 0 Å². The number of hydrogen-bond donors (Lipinski definition) is 2. The SMILES string of the molecule is CC(C)CCNC(=O)NC(=O)COC(=O)Cn1c2ccccc2c(=O)c2ccccc21. The van der Waals surface area contributed by atoms with Crippen LogP contribution < -0.4 is 16.1 Å². The van der Waals surface area contributed by atoms with Gasteiger partial charge in [0.2, 0.25) is 0 Å². The molecule has 0 saturated heterocycles. The number of para-hydroxylation sites is 2. The number of carbonyl (C=O) groups is 3. The van der Waals surface area contributed by atoms with Gasteiger partial charge in [0, 0.05) is 17.3 Å². The number of nitrogens with zero attached hydrogens (tertiary/aromatic N) is 1. The van der Waals surface area contributed by atoms with Gasteiger partial charge in [0.05, 0.1) is 11.0 Å². The first-order chi connectivity index (χ1) is 14.9. The Hall–Kier alpha value is -3.68. The molecule has 3 aromatic rings. The van der Waals surface area contributed by atoms with Gasteiger partial charge in [-0.05, 0) is 36.6 Å². The van der Waals surface area contributed by atoms with Crippen molar-refractivity contribution in [2.24, 2.45) is 5.92 Å². The molecule has 1 aromatic heterocycles. The third-order valence-corrected chi connectivity index (χ3v) is 4.79. The van der Waals surface area contributed by atoms with Gasteiger partial charge in [-0.15, -0.1) is 0 Å². The lowest BCUT2D eigenvalue weighted by Gasteiger charge is -2.14. The maximum atomic E-state index is 12.7. The van der Waals surface area contributed by atoms with Gasteiger partial charge >= 0.3 is 12.0 Å². The summed E-state index contributed by atoms with van der Waals surface area (Å²) in [7, 11) is 0. The number of hydrogen-bond acceptors (Lipinski definition) is 5. The third-order valence-electron chi connectivity index (χ3n) is 4.79. The van der Waals surface area contributed by atoms with Gasteiger partial charge in [0.1, 0.15) is 6.54 Å². The molecular weight excluding hydrogens is 398 g/mol. The van der Waals surface area contributed by atoms with Crippen LogP contribution in [0.25, 0.3) is 21.8 Å². The monoisotopic (exact) mass is 423 g/mol. The van der Waals surface area contributed by atoms with E-state index in [1.54, 1.807) is 53.1 Å². The molecule has 0 aliphatic heterocycles. The molecular formula is C23H25N3O5. The van der Waals surface area contributed by atoms with E-state index in [0.717, 1.165) is 6.42 Å². The highest BCUT2D eigenvalue weighted by Crippen LogP contribution is 2.19. The number of benzene rings is 2. The van der Waals surface area contributed by atoms with Crippen molar-refractivity contribution in [1.29, 1.82) is 0 Å². The minimum Gasteiger partial charge on any atom is -0.454 e. The van der Waals surface area contributed by atoms with Crippen molar-refractivity contribution in [3.8, 4) is 0 Å². The first-order valence-electron chi connectivity index (χ1n) is 10.1. The highest BCUT2D eigenvalue weighted by Gasteiger charge is 2.15. The molecule has 0 bridgehead atoms. The molecule has 0 aliphatic rings.